The molecule has 0 amide bonds. The number of aromatic amines is 1. The number of carboxylic acids is 1. The zero-order chi connectivity index (χ0) is 24.5. The number of aliphatic carboxylic acids is 1. The molecule has 1 unspecified atom stereocenters. The summed E-state index contributed by atoms with van der Waals surface area (Å²) in [7, 11) is 0. The normalized spacial score (nSPS) is 12.6. The van der Waals surface area contributed by atoms with Crippen molar-refractivity contribution in [3.63, 3.8) is 0 Å². The monoisotopic (exact) mass is 507 g/mol. The summed E-state index contributed by atoms with van der Waals surface area (Å²) >= 11 is 0. The first kappa shape index (κ1) is 27.3. The molecule has 0 aliphatic carbocycles. The van der Waals surface area contributed by atoms with Crippen LogP contribution in [0.3, 0.4) is 0 Å². The summed E-state index contributed by atoms with van der Waals surface area (Å²) in [5, 5.41) is 17.5. The molecular weight excluding hydrogens is 474 g/mol. The first-order valence-electron chi connectivity index (χ1n) is 12.1. The Hall–Kier alpha value is -3.32. The van der Waals surface area contributed by atoms with E-state index in [9.17, 15) is 9.90 Å². The number of ether oxygens (including phenoxy) is 1. The lowest BCUT2D eigenvalue weighted by molar-refractivity contribution is -0.137. The number of para-hydroxylation sites is 2. The molecule has 36 heavy (non-hydrogen) atoms. The molecule has 6 nitrogen and oxygen atoms in total. The molecular formula is C29H34ClN3O3. The number of rotatable bonds is 13. The Morgan fingerprint density at radius 3 is 2.44 bits per heavy atom. The van der Waals surface area contributed by atoms with Gasteiger partial charge in [0.05, 0.1) is 6.42 Å². The first-order chi connectivity index (χ1) is 17.1. The number of H-pyrrole nitrogens is 1. The third-order valence-electron chi connectivity index (χ3n) is 6.19. The summed E-state index contributed by atoms with van der Waals surface area (Å²) in [5.41, 5.74) is 4.43. The average Bonchev–Trinajstić information content (AvgIpc) is 3.28. The van der Waals surface area contributed by atoms with Crippen LogP contribution in [-0.2, 0) is 17.8 Å². The summed E-state index contributed by atoms with van der Waals surface area (Å²) in [6.45, 7) is 4.01. The molecule has 0 saturated carbocycles. The maximum Gasteiger partial charge on any atom is 0.304 e. The van der Waals surface area contributed by atoms with Crippen molar-refractivity contribution in [3.05, 3.63) is 102 Å². The van der Waals surface area contributed by atoms with Gasteiger partial charge < -0.3 is 25.5 Å². The van der Waals surface area contributed by atoms with Crippen LogP contribution in [0.25, 0.3) is 10.9 Å². The van der Waals surface area contributed by atoms with Gasteiger partial charge in [0, 0.05) is 47.8 Å². The quantitative estimate of drug-likeness (QED) is 0.180. The van der Waals surface area contributed by atoms with Gasteiger partial charge in [-0.3, -0.25) is 4.79 Å². The minimum absolute atomic E-state index is 0. The Labute approximate surface area is 218 Å². The number of aromatic nitrogens is 1. The molecule has 0 saturated heterocycles. The van der Waals surface area contributed by atoms with Gasteiger partial charge in [-0.25, -0.2) is 0 Å². The predicted molar refractivity (Wildman–Crippen MR) is 147 cm³/mol. The van der Waals surface area contributed by atoms with Crippen LogP contribution in [0.2, 0.25) is 0 Å². The van der Waals surface area contributed by atoms with Gasteiger partial charge in [-0.2, -0.15) is 0 Å². The average molecular weight is 508 g/mol. The number of hydrogen-bond acceptors (Lipinski definition) is 4. The molecule has 1 heterocycles. The van der Waals surface area contributed by atoms with Gasteiger partial charge >= 0.3 is 5.97 Å². The van der Waals surface area contributed by atoms with Gasteiger partial charge in [0.15, 0.2) is 0 Å². The van der Waals surface area contributed by atoms with E-state index in [0.717, 1.165) is 33.3 Å². The highest BCUT2D eigenvalue weighted by Crippen LogP contribution is 2.25. The Balaban J connectivity index is 0.00000361. The van der Waals surface area contributed by atoms with E-state index in [1.165, 1.54) is 0 Å². The van der Waals surface area contributed by atoms with E-state index in [-0.39, 0.29) is 30.9 Å². The Morgan fingerprint density at radius 2 is 1.64 bits per heavy atom. The molecule has 190 valence electrons. The summed E-state index contributed by atoms with van der Waals surface area (Å²) in [5.74, 6) is 0.0700. The number of hydrogen-bond donors (Lipinski definition) is 4. The van der Waals surface area contributed by atoms with E-state index in [1.54, 1.807) is 0 Å². The van der Waals surface area contributed by atoms with E-state index in [0.29, 0.717) is 26.1 Å². The van der Waals surface area contributed by atoms with Crippen molar-refractivity contribution in [2.75, 3.05) is 13.1 Å². The fourth-order valence-corrected chi connectivity index (χ4v) is 4.37. The molecule has 0 aliphatic heterocycles. The zero-order valence-corrected chi connectivity index (χ0v) is 21.3. The van der Waals surface area contributed by atoms with E-state index < -0.39 is 5.97 Å². The van der Waals surface area contributed by atoms with Gasteiger partial charge in [-0.15, -0.1) is 12.4 Å². The van der Waals surface area contributed by atoms with Crippen LogP contribution in [0.15, 0.2) is 85.1 Å². The second kappa shape index (κ2) is 13.7. The Kier molecular flexibility index (Phi) is 10.4. The highest BCUT2D eigenvalue weighted by Gasteiger charge is 2.16. The lowest BCUT2D eigenvalue weighted by Gasteiger charge is -2.20. The van der Waals surface area contributed by atoms with E-state index in [1.807, 2.05) is 60.8 Å². The number of benzene rings is 3. The minimum atomic E-state index is -0.798. The van der Waals surface area contributed by atoms with Gasteiger partial charge in [-0.05, 0) is 36.6 Å². The SMILES string of the molecule is CC(NCCN[C@@H](CC(=O)O)Cc1c[nH]c2ccccc12)c1ccccc1OCc1ccccc1.Cl. The van der Waals surface area contributed by atoms with Crippen LogP contribution in [0.5, 0.6) is 5.75 Å². The third-order valence-corrected chi connectivity index (χ3v) is 6.19. The van der Waals surface area contributed by atoms with Crippen molar-refractivity contribution in [2.45, 2.75) is 38.5 Å². The molecule has 2 atom stereocenters. The van der Waals surface area contributed by atoms with Gasteiger partial charge in [0.25, 0.3) is 0 Å². The number of carbonyl (C=O) groups is 1. The van der Waals surface area contributed by atoms with Crippen molar-refractivity contribution in [3.8, 4) is 5.75 Å². The molecule has 4 aromatic rings. The van der Waals surface area contributed by atoms with Crippen molar-refractivity contribution in [1.82, 2.24) is 15.6 Å². The van der Waals surface area contributed by atoms with Crippen molar-refractivity contribution in [2.24, 2.45) is 0 Å². The predicted octanol–water partition coefficient (Wildman–Crippen LogP) is 5.49. The number of halogens is 1. The van der Waals surface area contributed by atoms with Crippen LogP contribution >= 0.6 is 12.4 Å². The lowest BCUT2D eigenvalue weighted by atomic mass is 10.0. The third kappa shape index (κ3) is 7.59. The minimum Gasteiger partial charge on any atom is -0.489 e. The fourth-order valence-electron chi connectivity index (χ4n) is 4.37. The van der Waals surface area contributed by atoms with Crippen molar-refractivity contribution >= 4 is 29.3 Å². The summed E-state index contributed by atoms with van der Waals surface area (Å²) in [6.07, 6.45) is 2.71. The number of carboxylic acid groups (broad SMARTS) is 1. The zero-order valence-electron chi connectivity index (χ0n) is 20.4. The fraction of sp³-hybridized carbons (Fsp3) is 0.276. The summed E-state index contributed by atoms with van der Waals surface area (Å²) < 4.78 is 6.10. The molecule has 0 aliphatic rings. The lowest BCUT2D eigenvalue weighted by Crippen LogP contribution is -2.38. The summed E-state index contributed by atoms with van der Waals surface area (Å²) in [6, 6.07) is 26.3. The first-order valence-corrected chi connectivity index (χ1v) is 12.1. The molecule has 0 spiro atoms. The molecule has 1 aromatic heterocycles. The number of nitrogens with one attached hydrogen (secondary N) is 3. The molecule has 0 bridgehead atoms. The smallest absolute Gasteiger partial charge is 0.304 e. The van der Waals surface area contributed by atoms with Gasteiger partial charge in [0.1, 0.15) is 12.4 Å². The van der Waals surface area contributed by atoms with E-state index in [4.69, 9.17) is 4.74 Å². The van der Waals surface area contributed by atoms with Crippen LogP contribution < -0.4 is 15.4 Å². The van der Waals surface area contributed by atoms with E-state index >= 15 is 0 Å². The second-order valence-electron chi connectivity index (χ2n) is 8.80. The maximum absolute atomic E-state index is 11.5. The van der Waals surface area contributed by atoms with Crippen LogP contribution in [-0.4, -0.2) is 35.2 Å². The molecule has 3 aromatic carbocycles. The highest BCUT2D eigenvalue weighted by molar-refractivity contribution is 5.85. The Bertz CT molecular complexity index is 1230. The summed E-state index contributed by atoms with van der Waals surface area (Å²) in [4.78, 5) is 14.7. The van der Waals surface area contributed by atoms with Crippen LogP contribution in [0.1, 0.15) is 36.1 Å². The van der Waals surface area contributed by atoms with Crippen molar-refractivity contribution < 1.29 is 14.6 Å². The highest BCUT2D eigenvalue weighted by atomic mass is 35.5. The van der Waals surface area contributed by atoms with Crippen molar-refractivity contribution in [1.29, 1.82) is 0 Å². The second-order valence-corrected chi connectivity index (χ2v) is 8.80. The van der Waals surface area contributed by atoms with E-state index in [2.05, 4.69) is 46.8 Å². The molecule has 7 heteroatoms. The Morgan fingerprint density at radius 1 is 0.944 bits per heavy atom. The molecule has 0 fully saturated rings. The number of fused-ring (bicyclic) bond motifs is 1. The van der Waals surface area contributed by atoms with Gasteiger partial charge in [0.2, 0.25) is 0 Å². The molecule has 4 N–H and O–H groups in total. The van der Waals surface area contributed by atoms with Crippen LogP contribution in [0, 0.1) is 0 Å². The maximum atomic E-state index is 11.5. The van der Waals surface area contributed by atoms with Crippen LogP contribution in [0.4, 0.5) is 0 Å². The molecule has 4 rings (SSSR count). The topological polar surface area (TPSA) is 86.4 Å². The standard InChI is InChI=1S/C29H33N3O3.ClH/c1-21(25-11-6-8-14-28(25)35-20-22-9-3-2-4-10-22)30-15-16-31-24(18-29(33)34)17-23-19-32-27-13-7-5-12-26(23)27;/h2-14,19,21,24,30-32H,15-18,20H2,1H3,(H,33,34);1H/t21?,24-;/m1./s1. The largest absolute Gasteiger partial charge is 0.489 e. The molecule has 0 radical (unpaired) electrons. The van der Waals surface area contributed by atoms with Gasteiger partial charge in [-0.1, -0.05) is 66.7 Å².